The average Bonchev–Trinajstić information content (AvgIpc) is 3.25. The van der Waals surface area contributed by atoms with E-state index in [-0.39, 0.29) is 12.1 Å². The maximum absolute atomic E-state index is 12.5. The fourth-order valence-electron chi connectivity index (χ4n) is 2.86. The van der Waals surface area contributed by atoms with Gasteiger partial charge in [0.2, 0.25) is 0 Å². The number of urea groups is 1. The highest BCUT2D eigenvalue weighted by molar-refractivity contribution is 7.13. The molecule has 0 bridgehead atoms. The lowest BCUT2D eigenvalue weighted by atomic mass is 10.2. The van der Waals surface area contributed by atoms with E-state index in [1.807, 2.05) is 26.2 Å². The number of aryl methyl sites for hydroxylation is 2. The van der Waals surface area contributed by atoms with Crippen molar-refractivity contribution in [1.29, 1.82) is 0 Å². The van der Waals surface area contributed by atoms with Gasteiger partial charge < -0.3 is 19.9 Å². The minimum atomic E-state index is -0.122. The van der Waals surface area contributed by atoms with Crippen LogP contribution in [0.4, 0.5) is 9.93 Å². The second-order valence-corrected chi connectivity index (χ2v) is 8.58. The highest BCUT2D eigenvalue weighted by atomic mass is 32.1. The van der Waals surface area contributed by atoms with Gasteiger partial charge in [-0.15, -0.1) is 22.7 Å². The Morgan fingerprint density at radius 2 is 2.12 bits per heavy atom. The molecule has 9 heteroatoms. The number of thiazole rings is 2. The highest BCUT2D eigenvalue weighted by Gasteiger charge is 2.22. The predicted octanol–water partition coefficient (Wildman–Crippen LogP) is 2.96. The molecule has 0 saturated carbocycles. The van der Waals surface area contributed by atoms with Crippen LogP contribution in [0.2, 0.25) is 0 Å². The Labute approximate surface area is 162 Å². The van der Waals surface area contributed by atoms with Gasteiger partial charge in [0.15, 0.2) is 5.13 Å². The fraction of sp³-hybridized carbons (Fsp3) is 0.588. The molecule has 1 atom stereocenters. The number of rotatable bonds is 5. The molecule has 1 N–H and O–H groups in total. The normalized spacial score (nSPS) is 15.8. The lowest BCUT2D eigenvalue weighted by molar-refractivity contribution is 0.122. The van der Waals surface area contributed by atoms with Gasteiger partial charge in [-0.1, -0.05) is 0 Å². The van der Waals surface area contributed by atoms with E-state index in [0.29, 0.717) is 6.54 Å². The molecule has 7 nitrogen and oxygen atoms in total. The van der Waals surface area contributed by atoms with Crippen LogP contribution in [-0.4, -0.2) is 54.2 Å². The first-order chi connectivity index (χ1) is 12.5. The van der Waals surface area contributed by atoms with Crippen LogP contribution in [0.5, 0.6) is 0 Å². The Kier molecular flexibility index (Phi) is 6.10. The molecule has 142 valence electrons. The lowest BCUT2D eigenvalue weighted by Gasteiger charge is -2.26. The van der Waals surface area contributed by atoms with Crippen molar-refractivity contribution in [3.05, 3.63) is 26.7 Å². The number of anilines is 1. The Balaban J connectivity index is 1.55. The summed E-state index contributed by atoms with van der Waals surface area (Å²) in [5.74, 6) is 0. The molecule has 0 spiro atoms. The summed E-state index contributed by atoms with van der Waals surface area (Å²) in [4.78, 5) is 26.8. The molecule has 1 unspecified atom stereocenters. The molecule has 1 aliphatic rings. The molecule has 26 heavy (non-hydrogen) atoms. The van der Waals surface area contributed by atoms with Crippen LogP contribution in [0.3, 0.4) is 0 Å². The first kappa shape index (κ1) is 19.1. The number of nitrogens with one attached hydrogen (secondary N) is 1. The summed E-state index contributed by atoms with van der Waals surface area (Å²) in [6, 6.07) is -0.192. The van der Waals surface area contributed by atoms with Crippen LogP contribution in [0.15, 0.2) is 5.38 Å². The van der Waals surface area contributed by atoms with Crippen molar-refractivity contribution >= 4 is 33.8 Å². The molecular weight excluding hydrogens is 370 g/mol. The molecular formula is C17H25N5O2S2. The summed E-state index contributed by atoms with van der Waals surface area (Å²) in [5, 5.41) is 6.98. The van der Waals surface area contributed by atoms with E-state index in [1.54, 1.807) is 34.6 Å². The van der Waals surface area contributed by atoms with Gasteiger partial charge in [-0.3, -0.25) is 0 Å². The Morgan fingerprint density at radius 1 is 1.38 bits per heavy atom. The Bertz CT molecular complexity index is 754. The van der Waals surface area contributed by atoms with Crippen molar-refractivity contribution < 1.29 is 9.53 Å². The van der Waals surface area contributed by atoms with Crippen molar-refractivity contribution in [3.63, 3.8) is 0 Å². The fourth-order valence-corrected chi connectivity index (χ4v) is 4.65. The number of carbonyl (C=O) groups excluding carboxylic acids is 1. The van der Waals surface area contributed by atoms with E-state index >= 15 is 0 Å². The molecule has 1 saturated heterocycles. The van der Waals surface area contributed by atoms with Gasteiger partial charge in [0, 0.05) is 30.4 Å². The van der Waals surface area contributed by atoms with Crippen LogP contribution in [0.1, 0.15) is 34.2 Å². The minimum Gasteiger partial charge on any atom is -0.378 e. The first-order valence-electron chi connectivity index (χ1n) is 8.67. The highest BCUT2D eigenvalue weighted by Crippen LogP contribution is 2.26. The second kappa shape index (κ2) is 8.32. The molecule has 2 aromatic rings. The van der Waals surface area contributed by atoms with Gasteiger partial charge in [-0.25, -0.2) is 14.8 Å². The van der Waals surface area contributed by atoms with Crippen LogP contribution in [0, 0.1) is 13.8 Å². The van der Waals surface area contributed by atoms with E-state index in [2.05, 4.69) is 20.2 Å². The zero-order chi connectivity index (χ0) is 18.7. The van der Waals surface area contributed by atoms with Crippen molar-refractivity contribution in [1.82, 2.24) is 20.2 Å². The van der Waals surface area contributed by atoms with Crippen LogP contribution in [-0.2, 0) is 11.3 Å². The quantitative estimate of drug-likeness (QED) is 0.843. The first-order valence-corrected chi connectivity index (χ1v) is 10.4. The largest absolute Gasteiger partial charge is 0.378 e. The summed E-state index contributed by atoms with van der Waals surface area (Å²) < 4.78 is 5.37. The standard InChI is InChI=1S/C17H25N5O2S2/c1-11(15-12(2)26-13(3)19-15)21(4)16(23)18-9-14-10-25-17(20-14)22-5-7-24-8-6-22/h10-11H,5-9H2,1-4H3,(H,18,23). The molecule has 3 heterocycles. The maximum Gasteiger partial charge on any atom is 0.318 e. The van der Waals surface area contributed by atoms with Gasteiger partial charge in [0.1, 0.15) is 0 Å². The lowest BCUT2D eigenvalue weighted by Crippen LogP contribution is -2.38. The monoisotopic (exact) mass is 395 g/mol. The van der Waals surface area contributed by atoms with E-state index in [9.17, 15) is 4.79 Å². The van der Waals surface area contributed by atoms with E-state index in [0.717, 1.165) is 52.7 Å². The van der Waals surface area contributed by atoms with E-state index in [1.165, 1.54) is 0 Å². The molecule has 1 aliphatic heterocycles. The van der Waals surface area contributed by atoms with Gasteiger partial charge >= 0.3 is 6.03 Å². The summed E-state index contributed by atoms with van der Waals surface area (Å²) in [6.45, 7) is 9.67. The van der Waals surface area contributed by atoms with Crippen LogP contribution in [0.25, 0.3) is 0 Å². The predicted molar refractivity (Wildman–Crippen MR) is 105 cm³/mol. The van der Waals surface area contributed by atoms with Gasteiger partial charge in [-0.2, -0.15) is 0 Å². The summed E-state index contributed by atoms with van der Waals surface area (Å²) in [6.07, 6.45) is 0. The van der Waals surface area contributed by atoms with Crippen LogP contribution < -0.4 is 10.2 Å². The third-order valence-corrected chi connectivity index (χ3v) is 6.33. The average molecular weight is 396 g/mol. The number of morpholine rings is 1. The minimum absolute atomic E-state index is 0.0701. The third-order valence-electron chi connectivity index (χ3n) is 4.48. The second-order valence-electron chi connectivity index (χ2n) is 6.34. The van der Waals surface area contributed by atoms with Crippen molar-refractivity contribution in [3.8, 4) is 0 Å². The van der Waals surface area contributed by atoms with Gasteiger partial charge in [0.25, 0.3) is 0 Å². The molecule has 0 aromatic carbocycles. The molecule has 3 rings (SSSR count). The van der Waals surface area contributed by atoms with Crippen molar-refractivity contribution in [2.24, 2.45) is 0 Å². The SMILES string of the molecule is Cc1nc(C(C)N(C)C(=O)NCc2csc(N3CCOCC3)n2)c(C)s1. The molecule has 0 aliphatic carbocycles. The van der Waals surface area contributed by atoms with E-state index < -0.39 is 0 Å². The number of hydrogen-bond acceptors (Lipinski definition) is 7. The Hall–Kier alpha value is -1.71. The number of ether oxygens (including phenoxy) is 1. The number of amides is 2. The number of nitrogens with zero attached hydrogens (tertiary/aromatic N) is 4. The zero-order valence-corrected chi connectivity index (χ0v) is 17.2. The summed E-state index contributed by atoms with van der Waals surface area (Å²) >= 11 is 3.27. The third kappa shape index (κ3) is 4.33. The van der Waals surface area contributed by atoms with Crippen molar-refractivity contribution in [2.75, 3.05) is 38.3 Å². The van der Waals surface area contributed by atoms with Gasteiger partial charge in [0.05, 0.1) is 42.2 Å². The summed E-state index contributed by atoms with van der Waals surface area (Å²) in [7, 11) is 1.80. The molecule has 1 fully saturated rings. The van der Waals surface area contributed by atoms with Gasteiger partial charge in [-0.05, 0) is 20.8 Å². The van der Waals surface area contributed by atoms with Crippen LogP contribution >= 0.6 is 22.7 Å². The zero-order valence-electron chi connectivity index (χ0n) is 15.6. The Morgan fingerprint density at radius 3 is 2.77 bits per heavy atom. The molecule has 2 amide bonds. The smallest absolute Gasteiger partial charge is 0.318 e. The number of hydrogen-bond donors (Lipinski definition) is 1. The maximum atomic E-state index is 12.5. The number of carbonyl (C=O) groups is 1. The van der Waals surface area contributed by atoms with Crippen molar-refractivity contribution in [2.45, 2.75) is 33.4 Å². The number of aromatic nitrogens is 2. The molecule has 2 aromatic heterocycles. The topological polar surface area (TPSA) is 70.6 Å². The van der Waals surface area contributed by atoms with E-state index in [4.69, 9.17) is 4.74 Å². The molecule has 0 radical (unpaired) electrons. The summed E-state index contributed by atoms with van der Waals surface area (Å²) in [5.41, 5.74) is 1.85.